The van der Waals surface area contributed by atoms with Gasteiger partial charge in [-0.15, -0.1) is 0 Å². The monoisotopic (exact) mass is 325 g/mol. The Hall–Kier alpha value is -3.02. The highest BCUT2D eigenvalue weighted by Gasteiger charge is 2.06. The van der Waals surface area contributed by atoms with Crippen LogP contribution in [-0.4, -0.2) is 33.7 Å². The smallest absolute Gasteiger partial charge is 0.257 e. The van der Waals surface area contributed by atoms with Gasteiger partial charge < -0.3 is 19.7 Å². The maximum Gasteiger partial charge on any atom is 0.257 e. The largest absolute Gasteiger partial charge is 0.504 e. The van der Waals surface area contributed by atoms with E-state index < -0.39 is 0 Å². The van der Waals surface area contributed by atoms with Gasteiger partial charge in [0, 0.05) is 13.1 Å². The number of carbonyl (C=O) groups is 1. The molecule has 0 aliphatic rings. The third kappa shape index (κ3) is 3.84. The first-order valence-electron chi connectivity index (χ1n) is 7.81. The molecule has 0 aliphatic carbocycles. The summed E-state index contributed by atoms with van der Waals surface area (Å²) in [4.78, 5) is 16.1. The van der Waals surface area contributed by atoms with Gasteiger partial charge in [0.1, 0.15) is 0 Å². The van der Waals surface area contributed by atoms with Crippen LogP contribution in [0.2, 0.25) is 0 Å². The van der Waals surface area contributed by atoms with Gasteiger partial charge in [-0.05, 0) is 30.7 Å². The molecule has 0 radical (unpaired) electrons. The van der Waals surface area contributed by atoms with Crippen molar-refractivity contribution in [2.24, 2.45) is 0 Å². The van der Waals surface area contributed by atoms with Gasteiger partial charge in [-0.2, -0.15) is 0 Å². The van der Waals surface area contributed by atoms with E-state index in [0.29, 0.717) is 12.3 Å². The topological polar surface area (TPSA) is 76.4 Å². The number of aromatic nitrogens is 2. The molecule has 0 saturated carbocycles. The number of rotatable bonds is 7. The Balaban J connectivity index is 1.40. The molecule has 0 bridgehead atoms. The molecule has 24 heavy (non-hydrogen) atoms. The molecule has 1 aromatic heterocycles. The van der Waals surface area contributed by atoms with E-state index in [0.717, 1.165) is 24.0 Å². The van der Waals surface area contributed by atoms with Crippen LogP contribution < -0.4 is 10.1 Å². The van der Waals surface area contributed by atoms with E-state index in [-0.39, 0.29) is 18.3 Å². The third-order valence-corrected chi connectivity index (χ3v) is 3.65. The summed E-state index contributed by atoms with van der Waals surface area (Å²) in [6.07, 6.45) is 2.61. The molecule has 1 heterocycles. The number of hydrogen-bond donors (Lipinski definition) is 2. The van der Waals surface area contributed by atoms with Crippen LogP contribution in [0.4, 0.5) is 0 Å². The minimum absolute atomic E-state index is 0.0253. The molecule has 3 aromatic rings. The molecule has 0 saturated heterocycles. The molecule has 3 rings (SSSR count). The van der Waals surface area contributed by atoms with Crippen molar-refractivity contribution < 1.29 is 14.6 Å². The predicted octanol–water partition coefficient (Wildman–Crippen LogP) is 2.33. The van der Waals surface area contributed by atoms with Crippen molar-refractivity contribution in [3.05, 3.63) is 54.9 Å². The van der Waals surface area contributed by atoms with E-state index in [1.54, 1.807) is 18.2 Å². The van der Waals surface area contributed by atoms with Gasteiger partial charge in [0.05, 0.1) is 17.4 Å². The number of imidazole rings is 1. The summed E-state index contributed by atoms with van der Waals surface area (Å²) in [5.74, 6) is 0.114. The lowest BCUT2D eigenvalue weighted by Crippen LogP contribution is -2.30. The Morgan fingerprint density at radius 3 is 2.83 bits per heavy atom. The number of aromatic hydroxyl groups is 1. The van der Waals surface area contributed by atoms with Crippen LogP contribution in [0.1, 0.15) is 6.42 Å². The zero-order chi connectivity index (χ0) is 16.8. The number of nitrogens with one attached hydrogen (secondary N) is 1. The normalized spacial score (nSPS) is 10.7. The van der Waals surface area contributed by atoms with Gasteiger partial charge in [-0.25, -0.2) is 4.98 Å². The van der Waals surface area contributed by atoms with E-state index in [2.05, 4.69) is 14.9 Å². The van der Waals surface area contributed by atoms with Gasteiger partial charge in [0.2, 0.25) is 0 Å². The zero-order valence-corrected chi connectivity index (χ0v) is 13.2. The maximum absolute atomic E-state index is 11.8. The van der Waals surface area contributed by atoms with E-state index in [1.807, 2.05) is 30.6 Å². The van der Waals surface area contributed by atoms with E-state index in [4.69, 9.17) is 4.74 Å². The number of phenols is 1. The Morgan fingerprint density at radius 1 is 1.17 bits per heavy atom. The number of hydrogen-bond acceptors (Lipinski definition) is 4. The molecule has 2 aromatic carbocycles. The SMILES string of the molecule is O=C(COc1ccccc1O)NCCCn1cnc2ccccc21. The van der Waals surface area contributed by atoms with Crippen molar-refractivity contribution in [2.75, 3.05) is 13.2 Å². The van der Waals surface area contributed by atoms with Gasteiger partial charge in [-0.1, -0.05) is 24.3 Å². The summed E-state index contributed by atoms with van der Waals surface area (Å²) in [6.45, 7) is 1.21. The van der Waals surface area contributed by atoms with Crippen molar-refractivity contribution in [1.29, 1.82) is 0 Å². The molecular weight excluding hydrogens is 306 g/mol. The van der Waals surface area contributed by atoms with Crippen LogP contribution in [0.5, 0.6) is 11.5 Å². The number of aryl methyl sites for hydroxylation is 1. The quantitative estimate of drug-likeness (QED) is 0.654. The predicted molar refractivity (Wildman–Crippen MR) is 91.0 cm³/mol. The molecule has 124 valence electrons. The summed E-state index contributed by atoms with van der Waals surface area (Å²) < 4.78 is 7.35. The first kappa shape index (κ1) is 15.9. The number of para-hydroxylation sites is 4. The first-order chi connectivity index (χ1) is 11.7. The van der Waals surface area contributed by atoms with E-state index >= 15 is 0 Å². The van der Waals surface area contributed by atoms with Crippen molar-refractivity contribution in [3.63, 3.8) is 0 Å². The fourth-order valence-electron chi connectivity index (χ4n) is 2.44. The number of amides is 1. The Morgan fingerprint density at radius 2 is 1.96 bits per heavy atom. The molecule has 0 spiro atoms. The van der Waals surface area contributed by atoms with Crippen molar-refractivity contribution in [1.82, 2.24) is 14.9 Å². The fourth-order valence-corrected chi connectivity index (χ4v) is 2.44. The lowest BCUT2D eigenvalue weighted by atomic mass is 10.3. The third-order valence-electron chi connectivity index (χ3n) is 3.65. The lowest BCUT2D eigenvalue weighted by Gasteiger charge is -2.09. The summed E-state index contributed by atoms with van der Waals surface area (Å²) >= 11 is 0. The van der Waals surface area contributed by atoms with Gasteiger partial charge in [0.25, 0.3) is 5.91 Å². The number of carbonyl (C=O) groups excluding carboxylic acids is 1. The number of ether oxygens (including phenoxy) is 1. The van der Waals surface area contributed by atoms with Crippen molar-refractivity contribution >= 4 is 16.9 Å². The molecule has 1 amide bonds. The molecule has 0 aliphatic heterocycles. The average Bonchev–Trinajstić information content (AvgIpc) is 3.01. The second kappa shape index (κ2) is 7.50. The van der Waals surface area contributed by atoms with Gasteiger partial charge >= 0.3 is 0 Å². The minimum Gasteiger partial charge on any atom is -0.504 e. The molecule has 0 fully saturated rings. The Labute approximate surface area is 139 Å². The number of benzene rings is 2. The van der Waals surface area contributed by atoms with Crippen molar-refractivity contribution in [2.45, 2.75) is 13.0 Å². The Kier molecular flexibility index (Phi) is 4.96. The summed E-state index contributed by atoms with van der Waals surface area (Å²) in [6, 6.07) is 14.5. The highest BCUT2D eigenvalue weighted by atomic mass is 16.5. The number of phenolic OH excluding ortho intramolecular Hbond substituents is 1. The standard InChI is InChI=1S/C18H19N3O3/c22-16-8-3-4-9-17(16)24-12-18(23)19-10-5-11-21-13-20-14-6-1-2-7-15(14)21/h1-4,6-9,13,22H,5,10-12H2,(H,19,23). The lowest BCUT2D eigenvalue weighted by molar-refractivity contribution is -0.123. The van der Waals surface area contributed by atoms with Crippen LogP contribution >= 0.6 is 0 Å². The summed E-state index contributed by atoms with van der Waals surface area (Å²) in [5, 5.41) is 12.4. The van der Waals surface area contributed by atoms with E-state index in [9.17, 15) is 9.90 Å². The molecule has 6 heteroatoms. The van der Waals surface area contributed by atoms with Crippen LogP contribution in [-0.2, 0) is 11.3 Å². The van der Waals surface area contributed by atoms with Crippen LogP contribution in [0, 0.1) is 0 Å². The number of nitrogens with zero attached hydrogens (tertiary/aromatic N) is 2. The Bertz CT molecular complexity index is 829. The molecule has 0 atom stereocenters. The molecule has 0 unspecified atom stereocenters. The average molecular weight is 325 g/mol. The second-order valence-electron chi connectivity index (χ2n) is 5.39. The molecule has 2 N–H and O–H groups in total. The van der Waals surface area contributed by atoms with Crippen molar-refractivity contribution in [3.8, 4) is 11.5 Å². The first-order valence-corrected chi connectivity index (χ1v) is 7.81. The van der Waals surface area contributed by atoms with Gasteiger partial charge in [0.15, 0.2) is 18.1 Å². The second-order valence-corrected chi connectivity index (χ2v) is 5.39. The van der Waals surface area contributed by atoms with E-state index in [1.165, 1.54) is 6.07 Å². The number of fused-ring (bicyclic) bond motifs is 1. The zero-order valence-electron chi connectivity index (χ0n) is 13.2. The summed E-state index contributed by atoms with van der Waals surface area (Å²) in [5.41, 5.74) is 2.06. The molecule has 6 nitrogen and oxygen atoms in total. The fraction of sp³-hybridized carbons (Fsp3) is 0.222. The molecular formula is C18H19N3O3. The van der Waals surface area contributed by atoms with Crippen LogP contribution in [0.15, 0.2) is 54.9 Å². The minimum atomic E-state index is -0.214. The highest BCUT2D eigenvalue weighted by molar-refractivity contribution is 5.77. The van der Waals surface area contributed by atoms with Crippen LogP contribution in [0.25, 0.3) is 11.0 Å². The summed E-state index contributed by atoms with van der Waals surface area (Å²) in [7, 11) is 0. The van der Waals surface area contributed by atoms with Crippen LogP contribution in [0.3, 0.4) is 0 Å². The van der Waals surface area contributed by atoms with Gasteiger partial charge in [-0.3, -0.25) is 4.79 Å². The highest BCUT2D eigenvalue weighted by Crippen LogP contribution is 2.23. The maximum atomic E-state index is 11.8.